The van der Waals surface area contributed by atoms with Gasteiger partial charge in [-0.25, -0.2) is 4.98 Å². The van der Waals surface area contributed by atoms with Gasteiger partial charge in [0, 0.05) is 28.6 Å². The molecule has 0 radical (unpaired) electrons. The lowest BCUT2D eigenvalue weighted by Crippen LogP contribution is -2.10. The third-order valence-electron chi connectivity index (χ3n) is 3.88. The standard InChI is InChI=1S/C19H18N2O2S/c1-19(2,3)15-8-4-14(5-9-15)18-20-17(12-24-18)13-6-10-16(11-7-13)21(22)23/h4-12H,1-3H3. The number of aromatic nitrogens is 1. The van der Waals surface area contributed by atoms with Crippen LogP contribution in [0.3, 0.4) is 0 Å². The van der Waals surface area contributed by atoms with Gasteiger partial charge in [-0.05, 0) is 23.1 Å². The van der Waals surface area contributed by atoms with Crippen LogP contribution in [0.2, 0.25) is 0 Å². The Hall–Kier alpha value is -2.53. The van der Waals surface area contributed by atoms with Crippen LogP contribution in [-0.4, -0.2) is 9.91 Å². The highest BCUT2D eigenvalue weighted by Gasteiger charge is 2.14. The molecule has 0 atom stereocenters. The second-order valence-electron chi connectivity index (χ2n) is 6.67. The summed E-state index contributed by atoms with van der Waals surface area (Å²) in [4.78, 5) is 15.0. The number of thiazole rings is 1. The van der Waals surface area contributed by atoms with E-state index in [1.54, 1.807) is 23.5 Å². The van der Waals surface area contributed by atoms with Crippen LogP contribution in [0.25, 0.3) is 21.8 Å². The first-order valence-electron chi connectivity index (χ1n) is 7.66. The van der Waals surface area contributed by atoms with Crippen LogP contribution in [0.4, 0.5) is 5.69 Å². The molecule has 1 aromatic heterocycles. The minimum atomic E-state index is -0.396. The maximum absolute atomic E-state index is 10.7. The molecule has 0 aliphatic heterocycles. The summed E-state index contributed by atoms with van der Waals surface area (Å²) in [6.45, 7) is 6.58. The molecule has 0 bridgehead atoms. The Morgan fingerprint density at radius 1 is 0.958 bits per heavy atom. The van der Waals surface area contributed by atoms with Crippen LogP contribution in [-0.2, 0) is 5.41 Å². The highest BCUT2D eigenvalue weighted by Crippen LogP contribution is 2.31. The zero-order valence-electron chi connectivity index (χ0n) is 13.8. The summed E-state index contributed by atoms with van der Waals surface area (Å²) < 4.78 is 0. The van der Waals surface area contributed by atoms with Crippen LogP contribution >= 0.6 is 11.3 Å². The summed E-state index contributed by atoms with van der Waals surface area (Å²) in [5.74, 6) is 0. The Balaban J connectivity index is 1.86. The van der Waals surface area contributed by atoms with Gasteiger partial charge in [0.05, 0.1) is 10.6 Å². The fourth-order valence-electron chi connectivity index (χ4n) is 2.41. The van der Waals surface area contributed by atoms with Crippen molar-refractivity contribution in [3.63, 3.8) is 0 Å². The molecule has 0 fully saturated rings. The number of rotatable bonds is 3. The predicted molar refractivity (Wildman–Crippen MR) is 98.3 cm³/mol. The van der Waals surface area contributed by atoms with Gasteiger partial charge >= 0.3 is 0 Å². The smallest absolute Gasteiger partial charge is 0.258 e. The average Bonchev–Trinajstić information content (AvgIpc) is 3.04. The topological polar surface area (TPSA) is 56.0 Å². The Morgan fingerprint density at radius 3 is 2.08 bits per heavy atom. The minimum Gasteiger partial charge on any atom is -0.258 e. The molecule has 0 N–H and O–H groups in total. The van der Waals surface area contributed by atoms with E-state index in [2.05, 4.69) is 50.0 Å². The van der Waals surface area contributed by atoms with E-state index in [0.29, 0.717) is 0 Å². The van der Waals surface area contributed by atoms with Crippen LogP contribution in [0, 0.1) is 10.1 Å². The Kier molecular flexibility index (Phi) is 4.20. The van der Waals surface area contributed by atoms with Gasteiger partial charge in [0.15, 0.2) is 0 Å². The highest BCUT2D eigenvalue weighted by atomic mass is 32.1. The fraction of sp³-hybridized carbons (Fsp3) is 0.211. The van der Waals surface area contributed by atoms with Crippen molar-refractivity contribution in [3.05, 3.63) is 69.6 Å². The van der Waals surface area contributed by atoms with Crippen molar-refractivity contribution in [1.29, 1.82) is 0 Å². The number of non-ortho nitro benzene ring substituents is 1. The predicted octanol–water partition coefficient (Wildman–Crippen LogP) is 5.68. The van der Waals surface area contributed by atoms with Crippen molar-refractivity contribution in [1.82, 2.24) is 4.98 Å². The number of benzene rings is 2. The van der Waals surface area contributed by atoms with E-state index in [9.17, 15) is 10.1 Å². The number of nitro benzene ring substituents is 1. The Morgan fingerprint density at radius 2 is 1.54 bits per heavy atom. The summed E-state index contributed by atoms with van der Waals surface area (Å²) in [7, 11) is 0. The lowest BCUT2D eigenvalue weighted by molar-refractivity contribution is -0.384. The van der Waals surface area contributed by atoms with Gasteiger partial charge in [-0.3, -0.25) is 10.1 Å². The SMILES string of the molecule is CC(C)(C)c1ccc(-c2nc(-c3ccc([N+](=O)[O-])cc3)cs2)cc1. The Bertz CT molecular complexity index is 860. The quantitative estimate of drug-likeness (QED) is 0.456. The molecule has 0 aliphatic carbocycles. The van der Waals surface area contributed by atoms with E-state index in [0.717, 1.165) is 21.8 Å². The molecule has 1 heterocycles. The molecule has 3 aromatic rings. The molecule has 0 unspecified atom stereocenters. The van der Waals surface area contributed by atoms with Crippen molar-refractivity contribution in [2.24, 2.45) is 0 Å². The first kappa shape index (κ1) is 16.3. The average molecular weight is 338 g/mol. The molecule has 122 valence electrons. The monoisotopic (exact) mass is 338 g/mol. The minimum absolute atomic E-state index is 0.0898. The molecule has 2 aromatic carbocycles. The van der Waals surface area contributed by atoms with E-state index < -0.39 is 4.92 Å². The molecular weight excluding hydrogens is 320 g/mol. The van der Waals surface area contributed by atoms with Gasteiger partial charge < -0.3 is 0 Å². The maximum Gasteiger partial charge on any atom is 0.269 e. The summed E-state index contributed by atoms with van der Waals surface area (Å²) in [6.07, 6.45) is 0. The molecule has 0 saturated carbocycles. The lowest BCUT2D eigenvalue weighted by Gasteiger charge is -2.18. The molecule has 0 spiro atoms. The molecular formula is C19H18N2O2S. The van der Waals surface area contributed by atoms with E-state index in [-0.39, 0.29) is 11.1 Å². The van der Waals surface area contributed by atoms with E-state index in [4.69, 9.17) is 0 Å². The summed E-state index contributed by atoms with van der Waals surface area (Å²) in [5.41, 5.74) is 4.32. The summed E-state index contributed by atoms with van der Waals surface area (Å²) >= 11 is 1.58. The second kappa shape index (κ2) is 6.17. The van der Waals surface area contributed by atoms with Crippen molar-refractivity contribution >= 4 is 17.0 Å². The normalized spacial score (nSPS) is 11.5. The van der Waals surface area contributed by atoms with Crippen LogP contribution in [0.5, 0.6) is 0 Å². The molecule has 5 heteroatoms. The van der Waals surface area contributed by atoms with Crippen molar-refractivity contribution in [2.45, 2.75) is 26.2 Å². The molecule has 24 heavy (non-hydrogen) atoms. The third kappa shape index (κ3) is 3.36. The number of hydrogen-bond donors (Lipinski definition) is 0. The van der Waals surface area contributed by atoms with Crippen LogP contribution < -0.4 is 0 Å². The molecule has 0 amide bonds. The van der Waals surface area contributed by atoms with Gasteiger partial charge in [0.1, 0.15) is 5.01 Å². The van der Waals surface area contributed by atoms with Crippen molar-refractivity contribution in [3.8, 4) is 21.8 Å². The van der Waals surface area contributed by atoms with Gasteiger partial charge in [0.2, 0.25) is 0 Å². The first-order chi connectivity index (χ1) is 11.3. The number of nitrogens with zero attached hydrogens (tertiary/aromatic N) is 2. The molecule has 0 saturated heterocycles. The van der Waals surface area contributed by atoms with E-state index >= 15 is 0 Å². The lowest BCUT2D eigenvalue weighted by atomic mass is 9.87. The first-order valence-corrected chi connectivity index (χ1v) is 8.54. The fourth-order valence-corrected chi connectivity index (χ4v) is 3.24. The molecule has 4 nitrogen and oxygen atoms in total. The Labute approximate surface area is 145 Å². The number of nitro groups is 1. The van der Waals surface area contributed by atoms with Crippen LogP contribution in [0.1, 0.15) is 26.3 Å². The molecule has 0 aliphatic rings. The summed E-state index contributed by atoms with van der Waals surface area (Å²) in [6, 6.07) is 15.0. The zero-order chi connectivity index (χ0) is 17.3. The van der Waals surface area contributed by atoms with E-state index in [1.807, 2.05) is 5.38 Å². The largest absolute Gasteiger partial charge is 0.269 e. The summed E-state index contributed by atoms with van der Waals surface area (Å²) in [5, 5.41) is 13.7. The highest BCUT2D eigenvalue weighted by molar-refractivity contribution is 7.13. The second-order valence-corrected chi connectivity index (χ2v) is 7.53. The maximum atomic E-state index is 10.7. The van der Waals surface area contributed by atoms with Gasteiger partial charge in [-0.1, -0.05) is 45.0 Å². The van der Waals surface area contributed by atoms with E-state index in [1.165, 1.54) is 17.7 Å². The zero-order valence-corrected chi connectivity index (χ0v) is 14.6. The third-order valence-corrected chi connectivity index (χ3v) is 4.77. The number of hydrogen-bond acceptors (Lipinski definition) is 4. The van der Waals surface area contributed by atoms with Gasteiger partial charge in [0.25, 0.3) is 5.69 Å². The van der Waals surface area contributed by atoms with Crippen molar-refractivity contribution < 1.29 is 4.92 Å². The van der Waals surface area contributed by atoms with Crippen molar-refractivity contribution in [2.75, 3.05) is 0 Å². The van der Waals surface area contributed by atoms with Gasteiger partial charge in [-0.15, -0.1) is 11.3 Å². The van der Waals surface area contributed by atoms with Gasteiger partial charge in [-0.2, -0.15) is 0 Å². The molecule has 3 rings (SSSR count). The van der Waals surface area contributed by atoms with Crippen LogP contribution in [0.15, 0.2) is 53.9 Å².